The van der Waals surface area contributed by atoms with Crippen LogP contribution in [-0.2, 0) is 14.3 Å². The van der Waals surface area contributed by atoms with Crippen LogP contribution in [0.1, 0.15) is 43.1 Å². The van der Waals surface area contributed by atoms with Crippen molar-refractivity contribution in [3.63, 3.8) is 0 Å². The lowest BCUT2D eigenvalue weighted by molar-refractivity contribution is -0.170. The fraction of sp³-hybridized carbons (Fsp3) is 0.643. The molecule has 1 heterocycles. The molecule has 1 aliphatic carbocycles. The number of halogens is 1. The topological polar surface area (TPSA) is 61.3 Å². The van der Waals surface area contributed by atoms with Crippen molar-refractivity contribution in [3.8, 4) is 0 Å². The highest BCUT2D eigenvalue weighted by Crippen LogP contribution is 2.39. The zero-order chi connectivity index (χ0) is 14.8. The molecule has 0 spiro atoms. The SMILES string of the molecule is COC(=O)C1(OC)CCC(c2nc(C)cc(Cl)n2)CC1. The Morgan fingerprint density at radius 3 is 2.50 bits per heavy atom. The van der Waals surface area contributed by atoms with Crippen molar-refractivity contribution in [2.45, 2.75) is 44.1 Å². The van der Waals surface area contributed by atoms with Gasteiger partial charge < -0.3 is 9.47 Å². The summed E-state index contributed by atoms with van der Waals surface area (Å²) in [5.74, 6) is 0.659. The van der Waals surface area contributed by atoms with Crippen molar-refractivity contribution in [1.82, 2.24) is 9.97 Å². The first-order valence-corrected chi connectivity index (χ1v) is 7.03. The number of hydrogen-bond acceptors (Lipinski definition) is 5. The summed E-state index contributed by atoms with van der Waals surface area (Å²) in [6.45, 7) is 1.90. The molecule has 1 fully saturated rings. The number of aryl methyl sites for hydroxylation is 1. The first-order chi connectivity index (χ1) is 9.50. The molecule has 20 heavy (non-hydrogen) atoms. The van der Waals surface area contributed by atoms with E-state index in [4.69, 9.17) is 21.1 Å². The van der Waals surface area contributed by atoms with Gasteiger partial charge in [0.25, 0.3) is 0 Å². The molecular formula is C14H19ClN2O3. The average molecular weight is 299 g/mol. The Morgan fingerprint density at radius 2 is 2.00 bits per heavy atom. The summed E-state index contributed by atoms with van der Waals surface area (Å²) < 4.78 is 10.3. The number of nitrogens with zero attached hydrogens (tertiary/aromatic N) is 2. The summed E-state index contributed by atoms with van der Waals surface area (Å²) in [5.41, 5.74) is 0.0373. The quantitative estimate of drug-likeness (QED) is 0.634. The molecule has 0 bridgehead atoms. The molecule has 0 atom stereocenters. The monoisotopic (exact) mass is 298 g/mol. The van der Waals surface area contributed by atoms with Crippen LogP contribution in [-0.4, -0.2) is 35.8 Å². The Hall–Kier alpha value is -1.20. The number of esters is 1. The van der Waals surface area contributed by atoms with E-state index in [2.05, 4.69) is 9.97 Å². The third-order valence-corrected chi connectivity index (χ3v) is 4.14. The molecule has 0 aromatic carbocycles. The predicted molar refractivity (Wildman–Crippen MR) is 74.7 cm³/mol. The summed E-state index contributed by atoms with van der Waals surface area (Å²) >= 11 is 5.98. The Morgan fingerprint density at radius 1 is 1.35 bits per heavy atom. The van der Waals surface area contributed by atoms with Crippen molar-refractivity contribution in [2.75, 3.05) is 14.2 Å². The van der Waals surface area contributed by atoms with Gasteiger partial charge in [0.15, 0.2) is 5.60 Å². The third-order valence-electron chi connectivity index (χ3n) is 3.95. The molecule has 1 aromatic rings. The first-order valence-electron chi connectivity index (χ1n) is 6.65. The Labute approximate surface area is 123 Å². The van der Waals surface area contributed by atoms with E-state index >= 15 is 0 Å². The van der Waals surface area contributed by atoms with Gasteiger partial charge in [0.05, 0.1) is 7.11 Å². The number of rotatable bonds is 3. The number of carbonyl (C=O) groups excluding carboxylic acids is 1. The van der Waals surface area contributed by atoms with Crippen LogP contribution in [0.4, 0.5) is 0 Å². The van der Waals surface area contributed by atoms with Crippen LogP contribution >= 0.6 is 11.6 Å². The van der Waals surface area contributed by atoms with E-state index in [1.807, 2.05) is 6.92 Å². The van der Waals surface area contributed by atoms with E-state index in [9.17, 15) is 4.79 Å². The summed E-state index contributed by atoms with van der Waals surface area (Å²) in [4.78, 5) is 20.6. The highest BCUT2D eigenvalue weighted by Gasteiger charge is 2.43. The van der Waals surface area contributed by atoms with Crippen LogP contribution in [0, 0.1) is 6.92 Å². The number of hydrogen-bond donors (Lipinski definition) is 0. The van der Waals surface area contributed by atoms with Gasteiger partial charge in [-0.1, -0.05) is 11.6 Å². The summed E-state index contributed by atoms with van der Waals surface area (Å²) in [6.07, 6.45) is 2.77. The summed E-state index contributed by atoms with van der Waals surface area (Å²) in [5, 5.41) is 0.462. The Kier molecular flexibility index (Phi) is 4.60. The van der Waals surface area contributed by atoms with Crippen molar-refractivity contribution in [2.24, 2.45) is 0 Å². The minimum Gasteiger partial charge on any atom is -0.467 e. The van der Waals surface area contributed by atoms with Crippen molar-refractivity contribution in [3.05, 3.63) is 22.7 Å². The smallest absolute Gasteiger partial charge is 0.338 e. The van der Waals surface area contributed by atoms with Gasteiger partial charge in [-0.2, -0.15) is 0 Å². The Balaban J connectivity index is 2.12. The second kappa shape index (κ2) is 6.06. The average Bonchev–Trinajstić information content (AvgIpc) is 2.45. The van der Waals surface area contributed by atoms with E-state index in [0.717, 1.165) is 24.4 Å². The van der Waals surface area contributed by atoms with Crippen molar-refractivity contribution in [1.29, 1.82) is 0 Å². The van der Waals surface area contributed by atoms with Gasteiger partial charge in [-0.05, 0) is 38.7 Å². The normalized spacial score (nSPS) is 26.3. The van der Waals surface area contributed by atoms with Gasteiger partial charge in [0.2, 0.25) is 0 Å². The second-order valence-electron chi connectivity index (χ2n) is 5.15. The van der Waals surface area contributed by atoms with E-state index in [1.165, 1.54) is 7.11 Å². The zero-order valence-corrected chi connectivity index (χ0v) is 12.7. The Bertz CT molecular complexity index is 479. The van der Waals surface area contributed by atoms with Crippen molar-refractivity contribution < 1.29 is 14.3 Å². The van der Waals surface area contributed by atoms with Crippen molar-refractivity contribution >= 4 is 17.6 Å². The van der Waals surface area contributed by atoms with E-state index in [1.54, 1.807) is 13.2 Å². The van der Waals surface area contributed by atoms with Gasteiger partial charge in [0, 0.05) is 18.7 Å². The minimum atomic E-state index is -0.821. The molecule has 110 valence electrons. The van der Waals surface area contributed by atoms with E-state index in [0.29, 0.717) is 18.0 Å². The number of aromatic nitrogens is 2. The maximum absolute atomic E-state index is 11.9. The molecule has 0 aliphatic heterocycles. The maximum Gasteiger partial charge on any atom is 0.338 e. The molecule has 5 nitrogen and oxygen atoms in total. The summed E-state index contributed by atoms with van der Waals surface area (Å²) in [6, 6.07) is 1.74. The van der Waals surface area contributed by atoms with Gasteiger partial charge in [-0.25, -0.2) is 14.8 Å². The highest BCUT2D eigenvalue weighted by atomic mass is 35.5. The standard InChI is InChI=1S/C14H19ClN2O3/c1-9-8-11(15)17-12(16-9)10-4-6-14(20-3,7-5-10)13(18)19-2/h8,10H,4-7H2,1-3H3. The van der Waals surface area contributed by atoms with Gasteiger partial charge in [-0.3, -0.25) is 0 Å². The first kappa shape index (κ1) is 15.2. The van der Waals surface area contributed by atoms with Gasteiger partial charge >= 0.3 is 5.97 Å². The lowest BCUT2D eigenvalue weighted by atomic mass is 9.78. The van der Waals surface area contributed by atoms with Crippen LogP contribution in [0.2, 0.25) is 5.15 Å². The third kappa shape index (κ3) is 2.94. The fourth-order valence-corrected chi connectivity index (χ4v) is 3.00. The van der Waals surface area contributed by atoms with Crippen LogP contribution in [0.5, 0.6) is 0 Å². The predicted octanol–water partition coefficient (Wildman–Crippen LogP) is 2.65. The molecule has 0 radical (unpaired) electrons. The van der Waals surface area contributed by atoms with Crippen LogP contribution < -0.4 is 0 Å². The van der Waals surface area contributed by atoms with Crippen LogP contribution in [0.15, 0.2) is 6.07 Å². The van der Waals surface area contributed by atoms with Crippen LogP contribution in [0.3, 0.4) is 0 Å². The molecular weight excluding hydrogens is 280 g/mol. The minimum absolute atomic E-state index is 0.209. The largest absolute Gasteiger partial charge is 0.467 e. The maximum atomic E-state index is 11.9. The number of methoxy groups -OCH3 is 2. The molecule has 0 amide bonds. The lowest BCUT2D eigenvalue weighted by Crippen LogP contribution is -2.44. The molecule has 0 saturated heterocycles. The summed E-state index contributed by atoms with van der Waals surface area (Å²) in [7, 11) is 2.94. The number of carbonyl (C=O) groups is 1. The molecule has 0 unspecified atom stereocenters. The number of ether oxygens (including phenoxy) is 2. The van der Waals surface area contributed by atoms with E-state index in [-0.39, 0.29) is 11.9 Å². The lowest BCUT2D eigenvalue weighted by Gasteiger charge is -2.36. The molecule has 0 N–H and O–H groups in total. The van der Waals surface area contributed by atoms with E-state index < -0.39 is 5.60 Å². The van der Waals surface area contributed by atoms with Gasteiger partial charge in [-0.15, -0.1) is 0 Å². The molecule has 1 aromatic heterocycles. The fourth-order valence-electron chi connectivity index (χ4n) is 2.75. The molecule has 2 rings (SSSR count). The molecule has 1 saturated carbocycles. The van der Waals surface area contributed by atoms with Gasteiger partial charge in [0.1, 0.15) is 11.0 Å². The molecule has 6 heteroatoms. The molecule has 1 aliphatic rings. The zero-order valence-electron chi connectivity index (χ0n) is 12.0. The second-order valence-corrected chi connectivity index (χ2v) is 5.54. The van der Waals surface area contributed by atoms with Crippen LogP contribution in [0.25, 0.3) is 0 Å². The highest BCUT2D eigenvalue weighted by molar-refractivity contribution is 6.29.